The molecule has 0 spiro atoms. The minimum atomic E-state index is -0.797. The molecule has 0 aromatic rings. The van der Waals surface area contributed by atoms with E-state index in [1.807, 2.05) is 0 Å². The van der Waals surface area contributed by atoms with E-state index in [0.29, 0.717) is 0 Å². The molecule has 1 unspecified atom stereocenters. The van der Waals surface area contributed by atoms with E-state index in [0.717, 1.165) is 6.04 Å². The first-order valence-electron chi connectivity index (χ1n) is 7.62. The van der Waals surface area contributed by atoms with Crippen LogP contribution >= 0.6 is 0 Å². The van der Waals surface area contributed by atoms with E-state index in [9.17, 15) is 0 Å². The molecule has 0 aromatic carbocycles. The summed E-state index contributed by atoms with van der Waals surface area (Å²) in [5, 5.41) is 0. The fourth-order valence-electron chi connectivity index (χ4n) is 4.06. The summed E-state index contributed by atoms with van der Waals surface area (Å²) < 4.78 is 2.91. The van der Waals surface area contributed by atoms with Gasteiger partial charge in [0.25, 0.3) is 0 Å². The lowest BCUT2D eigenvalue weighted by atomic mass is 9.89. The summed E-state index contributed by atoms with van der Waals surface area (Å²) in [5.74, 6) is 0. The molecule has 0 aromatic heterocycles. The van der Waals surface area contributed by atoms with Crippen molar-refractivity contribution in [2.75, 3.05) is 0 Å². The second-order valence-corrected chi connectivity index (χ2v) is 9.40. The monoisotopic (exact) mass is 263 g/mol. The van der Waals surface area contributed by atoms with Crippen molar-refractivity contribution in [1.82, 2.24) is 4.57 Å². The van der Waals surface area contributed by atoms with Gasteiger partial charge in [-0.15, -0.1) is 0 Å². The molecule has 2 aliphatic carbocycles. The minimum Gasteiger partial charge on any atom is -0.312 e. The van der Waals surface area contributed by atoms with Crippen molar-refractivity contribution in [3.05, 3.63) is 23.3 Å². The van der Waals surface area contributed by atoms with E-state index in [-0.39, 0.29) is 5.54 Å². The number of nitrogens with zero attached hydrogens (tertiary/aromatic N) is 1. The van der Waals surface area contributed by atoms with E-state index in [1.165, 1.54) is 37.7 Å². The van der Waals surface area contributed by atoms with Crippen molar-refractivity contribution in [2.24, 2.45) is 0 Å². The van der Waals surface area contributed by atoms with Crippen LogP contribution in [0.15, 0.2) is 23.3 Å². The third kappa shape index (κ3) is 2.50. The predicted molar refractivity (Wildman–Crippen MR) is 83.5 cm³/mol. The molecule has 0 bridgehead atoms. The molecule has 18 heavy (non-hydrogen) atoms. The summed E-state index contributed by atoms with van der Waals surface area (Å²) in [4.78, 5) is 0. The Morgan fingerprint density at radius 3 is 2.22 bits per heavy atom. The second kappa shape index (κ2) is 5.34. The molecular weight excluding hydrogens is 234 g/mol. The number of allylic oxidation sites excluding steroid dienone is 2. The largest absolute Gasteiger partial charge is 0.312 e. The van der Waals surface area contributed by atoms with Gasteiger partial charge in [-0.1, -0.05) is 50.1 Å². The summed E-state index contributed by atoms with van der Waals surface area (Å²) in [6.45, 7) is 12.0. The van der Waals surface area contributed by atoms with Crippen LogP contribution < -0.4 is 0 Å². The van der Waals surface area contributed by atoms with Crippen molar-refractivity contribution in [3.8, 4) is 0 Å². The molecule has 1 fully saturated rings. The van der Waals surface area contributed by atoms with Gasteiger partial charge in [0.05, 0.1) is 5.54 Å². The summed E-state index contributed by atoms with van der Waals surface area (Å²) in [7, 11) is -0.797. The zero-order valence-electron chi connectivity index (χ0n) is 12.8. The van der Waals surface area contributed by atoms with Crippen molar-refractivity contribution in [3.63, 3.8) is 0 Å². The topological polar surface area (TPSA) is 3.24 Å². The highest BCUT2D eigenvalue weighted by atomic mass is 28.3. The molecule has 0 saturated heterocycles. The lowest BCUT2D eigenvalue weighted by Crippen LogP contribution is -2.56. The van der Waals surface area contributed by atoms with Gasteiger partial charge in [0, 0.05) is 6.04 Å². The smallest absolute Gasteiger partial charge is 0.107 e. The zero-order valence-corrected chi connectivity index (χ0v) is 13.9. The fraction of sp³-hybridized carbons (Fsp3) is 0.750. The number of rotatable bonds is 3. The van der Waals surface area contributed by atoms with Gasteiger partial charge in [-0.05, 0) is 39.2 Å². The minimum absolute atomic E-state index is 0.215. The van der Waals surface area contributed by atoms with Crippen LogP contribution in [0.1, 0.15) is 52.9 Å². The quantitative estimate of drug-likeness (QED) is 0.687. The van der Waals surface area contributed by atoms with Crippen molar-refractivity contribution in [2.45, 2.75) is 77.6 Å². The Hall–Kier alpha value is -0.343. The van der Waals surface area contributed by atoms with Crippen LogP contribution in [0.2, 0.25) is 13.1 Å². The van der Waals surface area contributed by atoms with E-state index in [4.69, 9.17) is 0 Å². The fourth-order valence-corrected chi connectivity index (χ4v) is 6.55. The van der Waals surface area contributed by atoms with Crippen LogP contribution in [-0.4, -0.2) is 25.1 Å². The second-order valence-electron chi connectivity index (χ2n) is 6.66. The van der Waals surface area contributed by atoms with Gasteiger partial charge >= 0.3 is 0 Å². The first-order chi connectivity index (χ1) is 8.45. The van der Waals surface area contributed by atoms with E-state index in [2.05, 4.69) is 50.6 Å². The SMILES string of the molecule is CC1=CC(C)(N(C2CCCCC2)[SiH](C)C)C(C)=C1. The van der Waals surface area contributed by atoms with E-state index < -0.39 is 8.96 Å². The van der Waals surface area contributed by atoms with Gasteiger partial charge in [-0.3, -0.25) is 0 Å². The van der Waals surface area contributed by atoms with Gasteiger partial charge in [-0.2, -0.15) is 0 Å². The summed E-state index contributed by atoms with van der Waals surface area (Å²) in [6.07, 6.45) is 12.0. The van der Waals surface area contributed by atoms with Crippen LogP contribution in [-0.2, 0) is 0 Å². The molecule has 0 amide bonds. The molecule has 1 saturated carbocycles. The molecule has 102 valence electrons. The average molecular weight is 264 g/mol. The Morgan fingerprint density at radius 1 is 1.17 bits per heavy atom. The van der Waals surface area contributed by atoms with Crippen LogP contribution in [0.3, 0.4) is 0 Å². The Balaban J connectivity index is 2.28. The molecule has 2 rings (SSSR count). The molecule has 0 aliphatic heterocycles. The first kappa shape index (κ1) is 14.1. The molecule has 1 atom stereocenters. The van der Waals surface area contributed by atoms with Gasteiger partial charge < -0.3 is 4.57 Å². The maximum absolute atomic E-state index is 2.91. The highest BCUT2D eigenvalue weighted by Gasteiger charge is 2.40. The van der Waals surface area contributed by atoms with Gasteiger partial charge in [0.1, 0.15) is 8.96 Å². The van der Waals surface area contributed by atoms with Crippen LogP contribution in [0.25, 0.3) is 0 Å². The average Bonchev–Trinajstić information content (AvgIpc) is 2.54. The molecule has 0 heterocycles. The number of hydrogen-bond acceptors (Lipinski definition) is 1. The lowest BCUT2D eigenvalue weighted by molar-refractivity contribution is 0.184. The number of hydrogen-bond donors (Lipinski definition) is 0. The lowest BCUT2D eigenvalue weighted by Gasteiger charge is -2.48. The standard InChI is InChI=1S/C16H29NSi/c1-13-11-14(2)16(3,12-13)17(18(4)5)15-9-7-6-8-10-15/h11-12,15,18H,6-10H2,1-5H3. The highest BCUT2D eigenvalue weighted by Crippen LogP contribution is 2.38. The van der Waals surface area contributed by atoms with E-state index in [1.54, 1.807) is 5.57 Å². The van der Waals surface area contributed by atoms with Crippen molar-refractivity contribution in [1.29, 1.82) is 0 Å². The normalized spacial score (nSPS) is 29.9. The summed E-state index contributed by atoms with van der Waals surface area (Å²) >= 11 is 0. The maximum Gasteiger partial charge on any atom is 0.107 e. The third-order valence-electron chi connectivity index (χ3n) is 4.81. The summed E-state index contributed by atoms with van der Waals surface area (Å²) in [6, 6.07) is 0.834. The molecule has 2 aliphatic rings. The molecular formula is C16H29NSi. The van der Waals surface area contributed by atoms with Crippen molar-refractivity contribution < 1.29 is 0 Å². The van der Waals surface area contributed by atoms with E-state index >= 15 is 0 Å². The predicted octanol–water partition coefficient (Wildman–Crippen LogP) is 4.27. The van der Waals surface area contributed by atoms with Crippen LogP contribution in [0.5, 0.6) is 0 Å². The molecule has 2 heteroatoms. The Labute approximate surface area is 115 Å². The van der Waals surface area contributed by atoms with Crippen LogP contribution in [0, 0.1) is 0 Å². The Bertz CT molecular complexity index is 363. The molecule has 0 radical (unpaired) electrons. The first-order valence-corrected chi connectivity index (χ1v) is 10.4. The van der Waals surface area contributed by atoms with Gasteiger partial charge in [0.15, 0.2) is 0 Å². The van der Waals surface area contributed by atoms with Gasteiger partial charge in [0.2, 0.25) is 0 Å². The zero-order chi connectivity index (χ0) is 13.3. The Kier molecular flexibility index (Phi) is 4.17. The summed E-state index contributed by atoms with van der Waals surface area (Å²) in [5.41, 5.74) is 3.21. The van der Waals surface area contributed by atoms with Gasteiger partial charge in [-0.25, -0.2) is 0 Å². The van der Waals surface area contributed by atoms with Crippen LogP contribution in [0.4, 0.5) is 0 Å². The molecule has 1 nitrogen and oxygen atoms in total. The Morgan fingerprint density at radius 2 is 1.78 bits per heavy atom. The third-order valence-corrected chi connectivity index (χ3v) is 6.88. The highest BCUT2D eigenvalue weighted by molar-refractivity contribution is 6.53. The maximum atomic E-state index is 2.91. The molecule has 0 N–H and O–H groups in total. The van der Waals surface area contributed by atoms with Crippen molar-refractivity contribution >= 4 is 8.96 Å².